The van der Waals surface area contributed by atoms with Gasteiger partial charge in [-0.15, -0.1) is 0 Å². The summed E-state index contributed by atoms with van der Waals surface area (Å²) >= 11 is 0. The van der Waals surface area contributed by atoms with Gasteiger partial charge in [-0.25, -0.2) is 4.79 Å². The van der Waals surface area contributed by atoms with Crippen molar-refractivity contribution in [1.29, 1.82) is 0 Å². The lowest BCUT2D eigenvalue weighted by atomic mass is 9.90. The Bertz CT molecular complexity index is 547. The fourth-order valence-corrected chi connectivity index (χ4v) is 2.80. The number of ether oxygens (including phenoxy) is 1. The molecule has 0 amide bonds. The van der Waals surface area contributed by atoms with E-state index >= 15 is 0 Å². The second-order valence-electron chi connectivity index (χ2n) is 6.41. The first-order chi connectivity index (χ1) is 9.75. The predicted molar refractivity (Wildman–Crippen MR) is 84.2 cm³/mol. The molecule has 0 unspecified atom stereocenters. The molecule has 0 aromatic heterocycles. The number of nitrogens with zero attached hydrogens (tertiary/aromatic N) is 1. The van der Waals surface area contributed by atoms with Crippen molar-refractivity contribution in [2.75, 3.05) is 11.4 Å². The number of carboxylic acid groups (broad SMARTS) is 1. The van der Waals surface area contributed by atoms with Crippen LogP contribution in [0, 0.1) is 6.92 Å². The normalized spacial score (nSPS) is 17.1. The van der Waals surface area contributed by atoms with E-state index in [0.29, 0.717) is 6.54 Å². The molecule has 21 heavy (non-hydrogen) atoms. The zero-order chi connectivity index (χ0) is 15.8. The van der Waals surface area contributed by atoms with E-state index in [1.807, 2.05) is 30.0 Å². The smallest absolute Gasteiger partial charge is 0.328 e. The molecule has 0 saturated carbocycles. The first-order valence-corrected chi connectivity index (χ1v) is 7.56. The Hall–Kier alpha value is -1.71. The van der Waals surface area contributed by atoms with E-state index in [9.17, 15) is 9.90 Å². The number of hydrogen-bond donors (Lipinski definition) is 1. The van der Waals surface area contributed by atoms with Crippen molar-refractivity contribution in [2.24, 2.45) is 0 Å². The van der Waals surface area contributed by atoms with Crippen molar-refractivity contribution in [2.45, 2.75) is 58.6 Å². The highest BCUT2D eigenvalue weighted by Gasteiger charge is 2.45. The van der Waals surface area contributed by atoms with Gasteiger partial charge in [0.05, 0.1) is 12.2 Å². The quantitative estimate of drug-likeness (QED) is 0.920. The Morgan fingerprint density at radius 1 is 1.38 bits per heavy atom. The molecular formula is C17H25NO3. The third kappa shape index (κ3) is 2.59. The number of hydrogen-bond acceptors (Lipinski definition) is 3. The van der Waals surface area contributed by atoms with E-state index in [4.69, 9.17) is 4.74 Å². The molecule has 1 heterocycles. The van der Waals surface area contributed by atoms with E-state index < -0.39 is 11.5 Å². The molecule has 0 saturated heterocycles. The number of fused-ring (bicyclic) bond motifs is 1. The number of anilines is 1. The number of aryl methyl sites for hydroxylation is 1. The highest BCUT2D eigenvalue weighted by atomic mass is 16.5. The molecular weight excluding hydrogens is 266 g/mol. The Labute approximate surface area is 126 Å². The maximum absolute atomic E-state index is 11.7. The van der Waals surface area contributed by atoms with Crippen molar-refractivity contribution in [3.05, 3.63) is 23.8 Å². The molecule has 116 valence electrons. The van der Waals surface area contributed by atoms with Gasteiger partial charge in [-0.3, -0.25) is 0 Å². The van der Waals surface area contributed by atoms with Gasteiger partial charge in [0, 0.05) is 0 Å². The van der Waals surface area contributed by atoms with Gasteiger partial charge in [0.2, 0.25) is 0 Å². The second-order valence-corrected chi connectivity index (χ2v) is 6.41. The second kappa shape index (κ2) is 5.24. The van der Waals surface area contributed by atoms with Gasteiger partial charge in [-0.1, -0.05) is 19.9 Å². The molecule has 1 aliphatic heterocycles. The minimum atomic E-state index is -0.970. The molecule has 4 heteroatoms. The van der Waals surface area contributed by atoms with Crippen molar-refractivity contribution >= 4 is 11.7 Å². The average Bonchev–Trinajstić information content (AvgIpc) is 2.46. The summed E-state index contributed by atoms with van der Waals surface area (Å²) in [5.41, 5.74) is 0.681. The molecule has 0 aliphatic carbocycles. The van der Waals surface area contributed by atoms with Crippen molar-refractivity contribution < 1.29 is 14.6 Å². The standard InChI is InChI=1S/C17H25NO3/c1-6-17(7-2)11-18(16(4,5)15(19)20)13-10-12(3)8-9-14(13)21-17/h8-10H,6-7,11H2,1-5H3,(H,19,20). The number of carboxylic acids is 1. The van der Waals surface area contributed by atoms with Crippen LogP contribution in [0.4, 0.5) is 5.69 Å². The van der Waals surface area contributed by atoms with Crippen LogP contribution in [-0.2, 0) is 4.79 Å². The summed E-state index contributed by atoms with van der Waals surface area (Å²) in [5, 5.41) is 9.62. The van der Waals surface area contributed by atoms with Crippen LogP contribution in [0.5, 0.6) is 5.75 Å². The molecule has 4 nitrogen and oxygen atoms in total. The summed E-state index contributed by atoms with van der Waals surface area (Å²) in [7, 11) is 0. The molecule has 0 spiro atoms. The van der Waals surface area contributed by atoms with Crippen molar-refractivity contribution in [3.63, 3.8) is 0 Å². The molecule has 1 aromatic carbocycles. The third-order valence-corrected chi connectivity index (χ3v) is 4.66. The molecule has 0 bridgehead atoms. The lowest BCUT2D eigenvalue weighted by molar-refractivity contribution is -0.142. The van der Waals surface area contributed by atoms with Crippen LogP contribution in [0.1, 0.15) is 46.1 Å². The highest BCUT2D eigenvalue weighted by molar-refractivity contribution is 5.84. The molecule has 1 aliphatic rings. The van der Waals surface area contributed by atoms with Gasteiger partial charge < -0.3 is 14.7 Å². The Morgan fingerprint density at radius 2 is 2.00 bits per heavy atom. The van der Waals surface area contributed by atoms with E-state index in [1.54, 1.807) is 13.8 Å². The van der Waals surface area contributed by atoms with Crippen molar-refractivity contribution in [1.82, 2.24) is 0 Å². The van der Waals surface area contributed by atoms with E-state index in [1.165, 1.54) is 0 Å². The lowest BCUT2D eigenvalue weighted by Crippen LogP contribution is -2.60. The number of aliphatic carboxylic acids is 1. The topological polar surface area (TPSA) is 49.8 Å². The first kappa shape index (κ1) is 15.7. The highest BCUT2D eigenvalue weighted by Crippen LogP contribution is 2.43. The summed E-state index contributed by atoms with van der Waals surface area (Å²) in [5.74, 6) is -0.0390. The summed E-state index contributed by atoms with van der Waals surface area (Å²) < 4.78 is 6.24. The van der Waals surface area contributed by atoms with E-state index in [2.05, 4.69) is 13.8 Å². The summed E-state index contributed by atoms with van der Waals surface area (Å²) in [6.45, 7) is 10.3. The Balaban J connectivity index is 2.58. The van der Waals surface area contributed by atoms with Crippen LogP contribution >= 0.6 is 0 Å². The Kier molecular flexibility index (Phi) is 3.91. The number of benzene rings is 1. The summed E-state index contributed by atoms with van der Waals surface area (Å²) in [6.07, 6.45) is 1.70. The maximum Gasteiger partial charge on any atom is 0.328 e. The SMILES string of the molecule is CCC1(CC)CN(C(C)(C)C(=O)O)c2cc(C)ccc2O1. The third-order valence-electron chi connectivity index (χ3n) is 4.66. The molecule has 2 rings (SSSR count). The Morgan fingerprint density at radius 3 is 2.52 bits per heavy atom. The number of rotatable bonds is 4. The molecule has 0 atom stereocenters. The van der Waals surface area contributed by atoms with Crippen LogP contribution in [0.25, 0.3) is 0 Å². The molecule has 1 N–H and O–H groups in total. The van der Waals surface area contributed by atoms with Crippen LogP contribution in [0.15, 0.2) is 18.2 Å². The largest absolute Gasteiger partial charge is 0.483 e. The van der Waals surface area contributed by atoms with Gasteiger partial charge in [-0.05, 0) is 51.3 Å². The fraction of sp³-hybridized carbons (Fsp3) is 0.588. The van der Waals surface area contributed by atoms with Crippen LogP contribution < -0.4 is 9.64 Å². The van der Waals surface area contributed by atoms with Gasteiger partial charge in [0.15, 0.2) is 0 Å². The van der Waals surface area contributed by atoms with Crippen molar-refractivity contribution in [3.8, 4) is 5.75 Å². The lowest BCUT2D eigenvalue weighted by Gasteiger charge is -2.49. The molecule has 0 fully saturated rings. The first-order valence-electron chi connectivity index (χ1n) is 7.56. The van der Waals surface area contributed by atoms with Gasteiger partial charge in [0.25, 0.3) is 0 Å². The average molecular weight is 291 g/mol. The van der Waals surface area contributed by atoms with Crippen LogP contribution in [0.3, 0.4) is 0 Å². The van der Waals surface area contributed by atoms with Gasteiger partial charge >= 0.3 is 5.97 Å². The summed E-state index contributed by atoms with van der Waals surface area (Å²) in [6, 6.07) is 5.97. The van der Waals surface area contributed by atoms with E-state index in [-0.39, 0.29) is 5.60 Å². The van der Waals surface area contributed by atoms with Crippen LogP contribution in [-0.4, -0.2) is 28.8 Å². The zero-order valence-corrected chi connectivity index (χ0v) is 13.6. The van der Waals surface area contributed by atoms with Gasteiger partial charge in [0.1, 0.15) is 16.9 Å². The number of carbonyl (C=O) groups is 1. The van der Waals surface area contributed by atoms with Crippen LogP contribution in [0.2, 0.25) is 0 Å². The molecule has 1 aromatic rings. The van der Waals surface area contributed by atoms with Gasteiger partial charge in [-0.2, -0.15) is 0 Å². The predicted octanol–water partition coefficient (Wildman–Crippen LogP) is 3.62. The minimum Gasteiger partial charge on any atom is -0.483 e. The monoisotopic (exact) mass is 291 g/mol. The zero-order valence-electron chi connectivity index (χ0n) is 13.6. The minimum absolute atomic E-state index is 0.324. The summed E-state index contributed by atoms with van der Waals surface area (Å²) in [4.78, 5) is 13.7. The molecule has 0 radical (unpaired) electrons. The maximum atomic E-state index is 11.7. The fourth-order valence-electron chi connectivity index (χ4n) is 2.80. The van der Waals surface area contributed by atoms with E-state index in [0.717, 1.165) is 29.8 Å².